The predicted octanol–water partition coefficient (Wildman–Crippen LogP) is 4.03. The van der Waals surface area contributed by atoms with Gasteiger partial charge in [-0.2, -0.15) is 0 Å². The van der Waals surface area contributed by atoms with E-state index >= 15 is 0 Å². The number of pyridine rings is 1. The molecule has 0 aliphatic carbocycles. The van der Waals surface area contributed by atoms with Crippen molar-refractivity contribution in [2.75, 3.05) is 0 Å². The minimum absolute atomic E-state index is 0.911. The molecule has 1 aliphatic rings. The lowest BCUT2D eigenvalue weighted by Gasteiger charge is -2.06. The van der Waals surface area contributed by atoms with Crippen molar-refractivity contribution in [2.24, 2.45) is 4.99 Å². The smallest absolute Gasteiger partial charge is 0.0857 e. The molecule has 0 fully saturated rings. The van der Waals surface area contributed by atoms with Crippen LogP contribution in [0.4, 0.5) is 0 Å². The van der Waals surface area contributed by atoms with Gasteiger partial charge in [-0.05, 0) is 24.8 Å². The summed E-state index contributed by atoms with van der Waals surface area (Å²) < 4.78 is 0. The number of aliphatic imine (C=N–C) groups is 1. The fraction of sp³-hybridized carbons (Fsp3) is 0.250. The van der Waals surface area contributed by atoms with Gasteiger partial charge in [-0.3, -0.25) is 9.98 Å². The number of fused-ring (bicyclic) bond motifs is 1. The van der Waals surface area contributed by atoms with Crippen molar-refractivity contribution in [3.8, 4) is 0 Å². The first-order valence-corrected chi connectivity index (χ1v) is 6.41. The lowest BCUT2D eigenvalue weighted by molar-refractivity contribution is 1.08. The summed E-state index contributed by atoms with van der Waals surface area (Å²) in [6.07, 6.45) is 4.10. The summed E-state index contributed by atoms with van der Waals surface area (Å²) in [7, 11) is 0. The minimum atomic E-state index is 0.911. The third-order valence-corrected chi connectivity index (χ3v) is 3.40. The van der Waals surface area contributed by atoms with Gasteiger partial charge in [0.15, 0.2) is 0 Å². The fourth-order valence-corrected chi connectivity index (χ4v) is 2.39. The molecule has 0 atom stereocenters. The molecule has 1 aromatic heterocycles. The number of aryl methyl sites for hydroxylation is 1. The zero-order valence-corrected chi connectivity index (χ0v) is 10.8. The van der Waals surface area contributed by atoms with Gasteiger partial charge >= 0.3 is 0 Å². The number of hydrogen-bond acceptors (Lipinski definition) is 2. The molecule has 0 amide bonds. The van der Waals surface area contributed by atoms with Gasteiger partial charge in [-0.1, -0.05) is 37.3 Å². The van der Waals surface area contributed by atoms with E-state index in [2.05, 4.69) is 60.2 Å². The summed E-state index contributed by atoms with van der Waals surface area (Å²) in [5, 5.41) is 2.47. The molecule has 3 rings (SSSR count). The maximum Gasteiger partial charge on any atom is 0.0857 e. The lowest BCUT2D eigenvalue weighted by atomic mass is 10.1. The molecular weight excluding hydrogens is 220 g/mol. The highest BCUT2D eigenvalue weighted by Gasteiger charge is 2.12. The Labute approximate surface area is 107 Å². The van der Waals surface area contributed by atoms with Crippen LogP contribution in [0, 0.1) is 6.92 Å². The molecule has 1 aromatic carbocycles. The van der Waals surface area contributed by atoms with Crippen LogP contribution in [0.25, 0.3) is 10.8 Å². The SMILES string of the molecule is CCC1=CCC(c2cc3ccccc3c(C)n2)=N1. The number of nitrogens with zero attached hydrogens (tertiary/aromatic N) is 2. The van der Waals surface area contributed by atoms with Gasteiger partial charge in [-0.25, -0.2) is 0 Å². The monoisotopic (exact) mass is 236 g/mol. The molecule has 0 N–H and O–H groups in total. The van der Waals surface area contributed by atoms with Gasteiger partial charge in [0.05, 0.1) is 11.4 Å². The Morgan fingerprint density at radius 2 is 2.06 bits per heavy atom. The van der Waals surface area contributed by atoms with Crippen molar-refractivity contribution >= 4 is 16.5 Å². The number of hydrogen-bond donors (Lipinski definition) is 0. The van der Waals surface area contributed by atoms with Crippen molar-refractivity contribution in [3.63, 3.8) is 0 Å². The molecule has 0 spiro atoms. The van der Waals surface area contributed by atoms with Crippen molar-refractivity contribution in [3.05, 3.63) is 53.5 Å². The maximum atomic E-state index is 4.69. The second kappa shape index (κ2) is 4.37. The Balaban J connectivity index is 2.09. The summed E-state index contributed by atoms with van der Waals surface area (Å²) in [6, 6.07) is 10.5. The molecule has 0 radical (unpaired) electrons. The zero-order chi connectivity index (χ0) is 12.5. The Morgan fingerprint density at radius 1 is 1.22 bits per heavy atom. The summed E-state index contributed by atoms with van der Waals surface area (Å²) in [6.45, 7) is 4.20. The van der Waals surface area contributed by atoms with Gasteiger partial charge in [-0.15, -0.1) is 0 Å². The minimum Gasteiger partial charge on any atom is -0.256 e. The van der Waals surface area contributed by atoms with Crippen LogP contribution < -0.4 is 0 Å². The summed E-state index contributed by atoms with van der Waals surface area (Å²) >= 11 is 0. The van der Waals surface area contributed by atoms with Crippen LogP contribution >= 0.6 is 0 Å². The Hall–Kier alpha value is -1.96. The van der Waals surface area contributed by atoms with E-state index in [-0.39, 0.29) is 0 Å². The van der Waals surface area contributed by atoms with Crippen LogP contribution in [-0.4, -0.2) is 10.7 Å². The van der Waals surface area contributed by atoms with Crippen LogP contribution in [0.5, 0.6) is 0 Å². The van der Waals surface area contributed by atoms with Crippen LogP contribution in [0.3, 0.4) is 0 Å². The number of allylic oxidation sites excluding steroid dienone is 2. The standard InChI is InChI=1S/C16H16N2/c1-3-13-8-9-15(18-13)16-10-12-6-4-5-7-14(12)11(2)17-16/h4-8,10H,3,9H2,1-2H3. The Morgan fingerprint density at radius 3 is 2.83 bits per heavy atom. The molecule has 2 heterocycles. The van der Waals surface area contributed by atoms with Gasteiger partial charge in [0.25, 0.3) is 0 Å². The fourth-order valence-electron chi connectivity index (χ4n) is 2.39. The molecule has 2 heteroatoms. The van der Waals surface area contributed by atoms with Crippen LogP contribution in [0.15, 0.2) is 47.1 Å². The van der Waals surface area contributed by atoms with E-state index in [0.717, 1.165) is 29.9 Å². The largest absolute Gasteiger partial charge is 0.256 e. The topological polar surface area (TPSA) is 25.2 Å². The number of benzene rings is 1. The van der Waals surface area contributed by atoms with Crippen LogP contribution in [0.1, 0.15) is 31.2 Å². The maximum absolute atomic E-state index is 4.69. The van der Waals surface area contributed by atoms with Crippen LogP contribution in [0.2, 0.25) is 0 Å². The highest BCUT2D eigenvalue weighted by atomic mass is 14.8. The first-order chi connectivity index (χ1) is 8.78. The third-order valence-electron chi connectivity index (χ3n) is 3.40. The van der Waals surface area contributed by atoms with Gasteiger partial charge in [0.2, 0.25) is 0 Å². The van der Waals surface area contributed by atoms with Crippen molar-refractivity contribution < 1.29 is 0 Å². The van der Waals surface area contributed by atoms with E-state index in [4.69, 9.17) is 0 Å². The van der Waals surface area contributed by atoms with Crippen molar-refractivity contribution in [1.29, 1.82) is 0 Å². The van der Waals surface area contributed by atoms with E-state index in [1.165, 1.54) is 16.5 Å². The van der Waals surface area contributed by atoms with Gasteiger partial charge in [0.1, 0.15) is 0 Å². The van der Waals surface area contributed by atoms with Crippen LogP contribution in [-0.2, 0) is 0 Å². The van der Waals surface area contributed by atoms with Gasteiger partial charge < -0.3 is 0 Å². The Kier molecular flexibility index (Phi) is 2.71. The molecule has 18 heavy (non-hydrogen) atoms. The van der Waals surface area contributed by atoms with Crippen molar-refractivity contribution in [2.45, 2.75) is 26.7 Å². The third kappa shape index (κ3) is 1.84. The van der Waals surface area contributed by atoms with E-state index in [9.17, 15) is 0 Å². The second-order valence-electron chi connectivity index (χ2n) is 4.63. The normalized spacial score (nSPS) is 14.8. The molecule has 1 aliphatic heterocycles. The summed E-state index contributed by atoms with van der Waals surface area (Å²) in [5.74, 6) is 0. The Bertz CT molecular complexity index is 666. The quantitative estimate of drug-likeness (QED) is 0.772. The van der Waals surface area contributed by atoms with E-state index in [1.54, 1.807) is 0 Å². The second-order valence-corrected chi connectivity index (χ2v) is 4.63. The van der Waals surface area contributed by atoms with Gasteiger partial charge in [0, 0.05) is 23.2 Å². The highest BCUT2D eigenvalue weighted by molar-refractivity contribution is 6.04. The average Bonchev–Trinajstić information content (AvgIpc) is 2.87. The molecule has 90 valence electrons. The number of rotatable bonds is 2. The number of aromatic nitrogens is 1. The summed E-state index contributed by atoms with van der Waals surface area (Å²) in [4.78, 5) is 9.33. The highest BCUT2D eigenvalue weighted by Crippen LogP contribution is 2.22. The average molecular weight is 236 g/mol. The zero-order valence-electron chi connectivity index (χ0n) is 10.8. The molecule has 2 aromatic rings. The first-order valence-electron chi connectivity index (χ1n) is 6.41. The van der Waals surface area contributed by atoms with E-state index in [0.29, 0.717) is 0 Å². The first kappa shape index (κ1) is 11.1. The predicted molar refractivity (Wildman–Crippen MR) is 76.0 cm³/mol. The molecule has 0 bridgehead atoms. The lowest BCUT2D eigenvalue weighted by Crippen LogP contribution is -2.02. The van der Waals surface area contributed by atoms with E-state index < -0.39 is 0 Å². The summed E-state index contributed by atoms with van der Waals surface area (Å²) in [5.41, 5.74) is 4.37. The molecule has 0 unspecified atom stereocenters. The molecule has 0 saturated carbocycles. The molecule has 2 nitrogen and oxygen atoms in total. The molecule has 0 saturated heterocycles. The van der Waals surface area contributed by atoms with E-state index in [1.807, 2.05) is 0 Å². The van der Waals surface area contributed by atoms with Crippen molar-refractivity contribution in [1.82, 2.24) is 4.98 Å². The molecular formula is C16H16N2.